The molecule has 1 unspecified atom stereocenters. The van der Waals surface area contributed by atoms with Crippen molar-refractivity contribution in [3.8, 4) is 0 Å². The predicted molar refractivity (Wildman–Crippen MR) is 67.6 cm³/mol. The van der Waals surface area contributed by atoms with Gasteiger partial charge in [-0.2, -0.15) is 0 Å². The minimum absolute atomic E-state index is 0.0297. The van der Waals surface area contributed by atoms with E-state index >= 15 is 0 Å². The van der Waals surface area contributed by atoms with Crippen LogP contribution in [0.4, 0.5) is 0 Å². The number of hydrogen-bond acceptors (Lipinski definition) is 4. The molecule has 0 bridgehead atoms. The first-order valence-corrected chi connectivity index (χ1v) is 7.26. The molecule has 1 aromatic rings. The largest absolute Gasteiger partial charge is 0.330 e. The number of nitrogens with two attached hydrogens (primary N) is 1. The molecule has 0 saturated carbocycles. The molecule has 0 spiro atoms. The van der Waals surface area contributed by atoms with Crippen LogP contribution in [0.2, 0.25) is 0 Å². The summed E-state index contributed by atoms with van der Waals surface area (Å²) < 4.78 is 25.1. The van der Waals surface area contributed by atoms with Gasteiger partial charge in [0.2, 0.25) is 0 Å². The van der Waals surface area contributed by atoms with E-state index in [1.165, 1.54) is 10.6 Å². The van der Waals surface area contributed by atoms with Gasteiger partial charge in [0.25, 0.3) is 5.56 Å². The Balaban J connectivity index is 2.68. The van der Waals surface area contributed by atoms with Crippen molar-refractivity contribution in [1.29, 1.82) is 0 Å². The third-order valence-electron chi connectivity index (χ3n) is 2.70. The summed E-state index contributed by atoms with van der Waals surface area (Å²) in [6, 6.07) is 4.75. The van der Waals surface area contributed by atoms with Crippen LogP contribution < -0.4 is 11.3 Å². The molecule has 0 amide bonds. The molecule has 0 aliphatic rings. The van der Waals surface area contributed by atoms with Crippen LogP contribution in [0, 0.1) is 0 Å². The molecule has 0 fully saturated rings. The van der Waals surface area contributed by atoms with Gasteiger partial charge in [0, 0.05) is 18.8 Å². The first-order chi connectivity index (χ1) is 7.97. The molecule has 5 nitrogen and oxygen atoms in total. The third kappa shape index (κ3) is 3.98. The van der Waals surface area contributed by atoms with Crippen molar-refractivity contribution in [3.05, 3.63) is 34.7 Å². The van der Waals surface area contributed by atoms with Crippen molar-refractivity contribution < 1.29 is 8.42 Å². The number of sulfone groups is 1. The summed E-state index contributed by atoms with van der Waals surface area (Å²) in [5, 5.41) is -0.452. The van der Waals surface area contributed by atoms with Crippen LogP contribution in [0.3, 0.4) is 0 Å². The average Bonchev–Trinajstić information content (AvgIpc) is 2.28. The maximum absolute atomic E-state index is 11.8. The molecule has 2 N–H and O–H groups in total. The highest BCUT2D eigenvalue weighted by Gasteiger charge is 2.19. The second kappa shape index (κ2) is 5.97. The number of nitrogens with zero attached hydrogens (tertiary/aromatic N) is 1. The van der Waals surface area contributed by atoms with Gasteiger partial charge in [-0.25, -0.2) is 8.42 Å². The van der Waals surface area contributed by atoms with Gasteiger partial charge in [-0.1, -0.05) is 6.07 Å². The number of aryl methyl sites for hydroxylation is 1. The summed E-state index contributed by atoms with van der Waals surface area (Å²) in [6.07, 6.45) is 2.04. The minimum atomic E-state index is -3.18. The Labute approximate surface area is 101 Å². The van der Waals surface area contributed by atoms with Crippen molar-refractivity contribution >= 4 is 9.84 Å². The number of rotatable bonds is 6. The van der Waals surface area contributed by atoms with Gasteiger partial charge in [0.15, 0.2) is 9.84 Å². The Morgan fingerprint density at radius 3 is 2.71 bits per heavy atom. The summed E-state index contributed by atoms with van der Waals surface area (Å²) in [5.74, 6) is -0.0297. The van der Waals surface area contributed by atoms with Gasteiger partial charge >= 0.3 is 0 Å². The summed E-state index contributed by atoms with van der Waals surface area (Å²) in [6.45, 7) is 2.19. The van der Waals surface area contributed by atoms with E-state index in [4.69, 9.17) is 5.73 Å². The fourth-order valence-corrected chi connectivity index (χ4v) is 2.84. The van der Waals surface area contributed by atoms with Crippen molar-refractivity contribution in [2.45, 2.75) is 25.1 Å². The van der Waals surface area contributed by atoms with Gasteiger partial charge in [-0.3, -0.25) is 4.79 Å². The summed E-state index contributed by atoms with van der Waals surface area (Å²) in [4.78, 5) is 11.4. The molecule has 1 heterocycles. The van der Waals surface area contributed by atoms with E-state index in [0.29, 0.717) is 13.0 Å². The lowest BCUT2D eigenvalue weighted by Crippen LogP contribution is -2.28. The Bertz CT molecular complexity index is 507. The lowest BCUT2D eigenvalue weighted by Gasteiger charge is -2.12. The summed E-state index contributed by atoms with van der Waals surface area (Å²) in [5.41, 5.74) is 5.15. The van der Waals surface area contributed by atoms with Crippen molar-refractivity contribution in [3.63, 3.8) is 0 Å². The highest BCUT2D eigenvalue weighted by atomic mass is 32.2. The normalized spacial score (nSPS) is 13.5. The maximum atomic E-state index is 11.8. The molecular weight excluding hydrogens is 240 g/mol. The van der Waals surface area contributed by atoms with E-state index in [1.807, 2.05) is 0 Å². The highest BCUT2D eigenvalue weighted by molar-refractivity contribution is 7.91. The zero-order valence-electron chi connectivity index (χ0n) is 9.87. The van der Waals surface area contributed by atoms with Gasteiger partial charge in [-0.15, -0.1) is 0 Å². The quantitative estimate of drug-likeness (QED) is 0.778. The van der Waals surface area contributed by atoms with E-state index in [1.54, 1.807) is 25.3 Å². The van der Waals surface area contributed by atoms with Crippen LogP contribution in [0.1, 0.15) is 13.3 Å². The highest BCUT2D eigenvalue weighted by Crippen LogP contribution is 2.06. The molecule has 1 aromatic heterocycles. The predicted octanol–water partition coefficient (Wildman–Crippen LogP) is 0.000400. The molecule has 17 heavy (non-hydrogen) atoms. The van der Waals surface area contributed by atoms with E-state index in [2.05, 4.69) is 0 Å². The van der Waals surface area contributed by atoms with Crippen LogP contribution in [0.15, 0.2) is 29.2 Å². The number of pyridine rings is 1. The van der Waals surface area contributed by atoms with Gasteiger partial charge in [0.1, 0.15) is 0 Å². The van der Waals surface area contributed by atoms with Crippen LogP contribution >= 0.6 is 0 Å². The molecule has 1 atom stereocenters. The standard InChI is InChI=1S/C11H18N2O3S/c1-10(5-6-12)17(15,16)9-8-13-7-3-2-4-11(13)14/h2-4,7,10H,5-6,8-9,12H2,1H3. The first kappa shape index (κ1) is 13.9. The van der Waals surface area contributed by atoms with Crippen LogP contribution in [-0.4, -0.2) is 30.5 Å². The van der Waals surface area contributed by atoms with Gasteiger partial charge in [0.05, 0.1) is 11.0 Å². The van der Waals surface area contributed by atoms with E-state index in [9.17, 15) is 13.2 Å². The molecule has 0 aliphatic heterocycles. The second-order valence-electron chi connectivity index (χ2n) is 3.99. The number of hydrogen-bond donors (Lipinski definition) is 1. The van der Waals surface area contributed by atoms with E-state index < -0.39 is 15.1 Å². The Kier molecular flexibility index (Phi) is 4.89. The molecule has 0 aliphatic carbocycles. The molecule has 0 aromatic carbocycles. The maximum Gasteiger partial charge on any atom is 0.250 e. The van der Waals surface area contributed by atoms with Crippen molar-refractivity contribution in [2.75, 3.05) is 12.3 Å². The van der Waals surface area contributed by atoms with Gasteiger partial charge in [-0.05, 0) is 26.0 Å². The van der Waals surface area contributed by atoms with Crippen LogP contribution in [0.25, 0.3) is 0 Å². The molecular formula is C11H18N2O3S. The fraction of sp³-hybridized carbons (Fsp3) is 0.545. The third-order valence-corrected chi connectivity index (χ3v) is 4.92. The first-order valence-electron chi connectivity index (χ1n) is 5.54. The van der Waals surface area contributed by atoms with E-state index in [-0.39, 0.29) is 17.9 Å². The van der Waals surface area contributed by atoms with Crippen LogP contribution in [-0.2, 0) is 16.4 Å². The lowest BCUT2D eigenvalue weighted by molar-refractivity contribution is 0.570. The molecule has 1 rings (SSSR count). The topological polar surface area (TPSA) is 82.2 Å². The fourth-order valence-electron chi connectivity index (χ4n) is 1.49. The Hall–Kier alpha value is -1.14. The monoisotopic (exact) mass is 258 g/mol. The zero-order valence-corrected chi connectivity index (χ0v) is 10.7. The zero-order chi connectivity index (χ0) is 12.9. The molecule has 0 radical (unpaired) electrons. The summed E-state index contributed by atoms with van der Waals surface area (Å²) in [7, 11) is -3.18. The summed E-state index contributed by atoms with van der Waals surface area (Å²) >= 11 is 0. The van der Waals surface area contributed by atoms with Gasteiger partial charge < -0.3 is 10.3 Å². The SMILES string of the molecule is CC(CCN)S(=O)(=O)CCn1ccccc1=O. The molecule has 6 heteroatoms. The van der Waals surface area contributed by atoms with E-state index in [0.717, 1.165) is 0 Å². The van der Waals surface area contributed by atoms with Crippen LogP contribution in [0.5, 0.6) is 0 Å². The second-order valence-corrected chi connectivity index (χ2v) is 6.53. The van der Waals surface area contributed by atoms with Crippen molar-refractivity contribution in [2.24, 2.45) is 5.73 Å². The molecule has 0 saturated heterocycles. The Morgan fingerprint density at radius 1 is 1.41 bits per heavy atom. The lowest BCUT2D eigenvalue weighted by atomic mass is 10.3. The Morgan fingerprint density at radius 2 is 2.12 bits per heavy atom. The molecule has 96 valence electrons. The van der Waals surface area contributed by atoms with Crippen molar-refractivity contribution in [1.82, 2.24) is 4.57 Å². The average molecular weight is 258 g/mol. The minimum Gasteiger partial charge on any atom is -0.330 e. The smallest absolute Gasteiger partial charge is 0.250 e. The number of aromatic nitrogens is 1.